The van der Waals surface area contributed by atoms with E-state index in [0.29, 0.717) is 11.1 Å². The molecule has 0 aliphatic carbocycles. The Labute approximate surface area is 106 Å². The summed E-state index contributed by atoms with van der Waals surface area (Å²) in [5.74, 6) is -0.515. The largest absolute Gasteiger partial charge is 0.310 e. The lowest BCUT2D eigenvalue weighted by Crippen LogP contribution is -2.23. The highest BCUT2D eigenvalue weighted by atomic mass is 32.2. The van der Waals surface area contributed by atoms with E-state index in [4.69, 9.17) is 0 Å². The van der Waals surface area contributed by atoms with Crippen molar-refractivity contribution < 1.29 is 8.78 Å². The first kappa shape index (κ1) is 14.5. The highest BCUT2D eigenvalue weighted by molar-refractivity contribution is 7.98. The zero-order valence-electron chi connectivity index (χ0n) is 10.5. The van der Waals surface area contributed by atoms with E-state index in [-0.39, 0.29) is 6.04 Å². The molecule has 0 radical (unpaired) electrons. The number of hydrogen-bond acceptors (Lipinski definition) is 2. The second-order valence-corrected chi connectivity index (χ2v) is 4.98. The first-order chi connectivity index (χ1) is 8.11. The van der Waals surface area contributed by atoms with Crippen molar-refractivity contribution in [3.63, 3.8) is 0 Å². The van der Waals surface area contributed by atoms with Gasteiger partial charge in [-0.25, -0.2) is 8.78 Å². The predicted molar refractivity (Wildman–Crippen MR) is 70.5 cm³/mol. The normalized spacial score (nSPS) is 12.8. The lowest BCUT2D eigenvalue weighted by atomic mass is 10.0. The number of thioether (sulfide) groups is 1. The Bertz CT molecular complexity index is 369. The van der Waals surface area contributed by atoms with Gasteiger partial charge in [0.25, 0.3) is 0 Å². The molecule has 0 amide bonds. The van der Waals surface area contributed by atoms with E-state index in [1.165, 1.54) is 0 Å². The average molecular weight is 259 g/mol. The SMILES string of the molecule is CCNC(CCSC)c1ccc(C)c(F)c1F. The van der Waals surface area contributed by atoms with Crippen molar-refractivity contribution in [3.05, 3.63) is 34.9 Å². The van der Waals surface area contributed by atoms with E-state index in [9.17, 15) is 8.78 Å². The highest BCUT2D eigenvalue weighted by Crippen LogP contribution is 2.24. The number of rotatable bonds is 6. The van der Waals surface area contributed by atoms with Gasteiger partial charge in [0.1, 0.15) is 0 Å². The second kappa shape index (κ2) is 6.97. The lowest BCUT2D eigenvalue weighted by molar-refractivity contribution is 0.458. The maximum absolute atomic E-state index is 13.8. The summed E-state index contributed by atoms with van der Waals surface area (Å²) < 4.78 is 27.3. The van der Waals surface area contributed by atoms with Gasteiger partial charge < -0.3 is 5.32 Å². The number of nitrogens with one attached hydrogen (secondary N) is 1. The number of halogens is 2. The van der Waals surface area contributed by atoms with Crippen LogP contribution >= 0.6 is 11.8 Å². The molecule has 0 spiro atoms. The van der Waals surface area contributed by atoms with Crippen LogP contribution in [0.3, 0.4) is 0 Å². The summed E-state index contributed by atoms with van der Waals surface area (Å²) in [6.45, 7) is 4.29. The Morgan fingerprint density at radius 3 is 2.59 bits per heavy atom. The summed E-state index contributed by atoms with van der Waals surface area (Å²) >= 11 is 1.71. The molecule has 0 bridgehead atoms. The van der Waals surface area contributed by atoms with E-state index >= 15 is 0 Å². The topological polar surface area (TPSA) is 12.0 Å². The number of benzene rings is 1. The summed E-state index contributed by atoms with van der Waals surface area (Å²) in [6, 6.07) is 3.21. The van der Waals surface area contributed by atoms with Gasteiger partial charge in [0.2, 0.25) is 0 Å². The van der Waals surface area contributed by atoms with Gasteiger partial charge >= 0.3 is 0 Å². The van der Waals surface area contributed by atoms with Gasteiger partial charge in [0.15, 0.2) is 11.6 Å². The van der Waals surface area contributed by atoms with E-state index in [0.717, 1.165) is 18.7 Å². The van der Waals surface area contributed by atoms with E-state index < -0.39 is 11.6 Å². The molecule has 1 nitrogen and oxygen atoms in total. The van der Waals surface area contributed by atoms with E-state index in [1.54, 1.807) is 30.8 Å². The van der Waals surface area contributed by atoms with Crippen LogP contribution in [0.25, 0.3) is 0 Å². The highest BCUT2D eigenvalue weighted by Gasteiger charge is 2.18. The fraction of sp³-hybridized carbons (Fsp3) is 0.538. The van der Waals surface area contributed by atoms with Crippen molar-refractivity contribution in [1.29, 1.82) is 0 Å². The summed E-state index contributed by atoms with van der Waals surface area (Å²) in [7, 11) is 0. The zero-order valence-corrected chi connectivity index (χ0v) is 11.3. The zero-order chi connectivity index (χ0) is 12.8. The van der Waals surface area contributed by atoms with Crippen LogP contribution in [0.15, 0.2) is 12.1 Å². The molecule has 0 saturated heterocycles. The van der Waals surface area contributed by atoms with Crippen LogP contribution < -0.4 is 5.32 Å². The minimum absolute atomic E-state index is 0.109. The molecule has 0 saturated carbocycles. The molecule has 0 heterocycles. The monoisotopic (exact) mass is 259 g/mol. The van der Waals surface area contributed by atoms with Crippen LogP contribution in [0.1, 0.15) is 30.5 Å². The van der Waals surface area contributed by atoms with Gasteiger partial charge in [-0.1, -0.05) is 19.1 Å². The lowest BCUT2D eigenvalue weighted by Gasteiger charge is -2.19. The maximum atomic E-state index is 13.8. The minimum Gasteiger partial charge on any atom is -0.310 e. The Hall–Kier alpha value is -0.610. The average Bonchev–Trinajstić information content (AvgIpc) is 2.32. The number of hydrogen-bond donors (Lipinski definition) is 1. The quantitative estimate of drug-likeness (QED) is 0.836. The van der Waals surface area contributed by atoms with Crippen molar-refractivity contribution >= 4 is 11.8 Å². The van der Waals surface area contributed by atoms with Crippen molar-refractivity contribution in [1.82, 2.24) is 5.32 Å². The fourth-order valence-corrected chi connectivity index (χ4v) is 2.25. The molecule has 4 heteroatoms. The molecular weight excluding hydrogens is 240 g/mol. The first-order valence-electron chi connectivity index (χ1n) is 5.78. The van der Waals surface area contributed by atoms with Crippen LogP contribution in [0.2, 0.25) is 0 Å². The van der Waals surface area contributed by atoms with Crippen LogP contribution in [-0.2, 0) is 0 Å². The molecule has 0 aliphatic heterocycles. The molecule has 0 aromatic heterocycles. The first-order valence-corrected chi connectivity index (χ1v) is 7.18. The summed E-state index contributed by atoms with van der Waals surface area (Å²) in [4.78, 5) is 0. The maximum Gasteiger partial charge on any atom is 0.163 e. The van der Waals surface area contributed by atoms with E-state index in [2.05, 4.69) is 5.32 Å². The minimum atomic E-state index is -0.727. The van der Waals surface area contributed by atoms with Gasteiger partial charge in [0, 0.05) is 11.6 Å². The summed E-state index contributed by atoms with van der Waals surface area (Å²) in [5, 5.41) is 3.20. The smallest absolute Gasteiger partial charge is 0.163 e. The van der Waals surface area contributed by atoms with Gasteiger partial charge in [-0.3, -0.25) is 0 Å². The molecule has 1 atom stereocenters. The van der Waals surface area contributed by atoms with Gasteiger partial charge in [-0.05, 0) is 37.5 Å². The fourth-order valence-electron chi connectivity index (χ4n) is 1.78. The molecule has 1 aromatic rings. The second-order valence-electron chi connectivity index (χ2n) is 3.99. The molecular formula is C13H19F2NS. The van der Waals surface area contributed by atoms with Crippen molar-refractivity contribution in [2.45, 2.75) is 26.3 Å². The van der Waals surface area contributed by atoms with Gasteiger partial charge in [-0.2, -0.15) is 11.8 Å². The third kappa shape index (κ3) is 3.68. The molecule has 0 fully saturated rings. The van der Waals surface area contributed by atoms with E-state index in [1.807, 2.05) is 13.2 Å². The summed E-state index contributed by atoms with van der Waals surface area (Å²) in [5.41, 5.74) is 0.787. The van der Waals surface area contributed by atoms with Crippen LogP contribution in [0, 0.1) is 18.6 Å². The predicted octanol–water partition coefficient (Wildman–Crippen LogP) is 3.68. The summed E-state index contributed by atoms with van der Waals surface area (Å²) in [6.07, 6.45) is 2.81. The third-order valence-electron chi connectivity index (χ3n) is 2.74. The van der Waals surface area contributed by atoms with Gasteiger partial charge in [0.05, 0.1) is 0 Å². The molecule has 1 rings (SSSR count). The molecule has 0 aliphatic rings. The van der Waals surface area contributed by atoms with Gasteiger partial charge in [-0.15, -0.1) is 0 Å². The van der Waals surface area contributed by atoms with Crippen LogP contribution in [-0.4, -0.2) is 18.6 Å². The molecule has 1 unspecified atom stereocenters. The third-order valence-corrected chi connectivity index (χ3v) is 3.39. The molecule has 17 heavy (non-hydrogen) atoms. The Balaban J connectivity index is 2.97. The van der Waals surface area contributed by atoms with Crippen LogP contribution in [0.5, 0.6) is 0 Å². The van der Waals surface area contributed by atoms with Crippen molar-refractivity contribution in [2.24, 2.45) is 0 Å². The number of aryl methyl sites for hydroxylation is 1. The Kier molecular flexibility index (Phi) is 5.92. The molecule has 96 valence electrons. The molecule has 1 N–H and O–H groups in total. The van der Waals surface area contributed by atoms with Crippen molar-refractivity contribution in [2.75, 3.05) is 18.6 Å². The Morgan fingerprint density at radius 2 is 2.00 bits per heavy atom. The standard InChI is InChI=1S/C13H19F2NS/c1-4-16-11(7-8-17-3)10-6-5-9(2)12(14)13(10)15/h5-6,11,16H,4,7-8H2,1-3H3. The van der Waals surface area contributed by atoms with Crippen LogP contribution in [0.4, 0.5) is 8.78 Å². The Morgan fingerprint density at radius 1 is 1.29 bits per heavy atom. The molecule has 1 aromatic carbocycles. The van der Waals surface area contributed by atoms with Crippen molar-refractivity contribution in [3.8, 4) is 0 Å².